The van der Waals surface area contributed by atoms with Gasteiger partial charge in [-0.3, -0.25) is 9.59 Å². The Kier molecular flexibility index (Phi) is 8.24. The number of nitrogens with one attached hydrogen (secondary N) is 2. The number of aryl methyl sites for hydroxylation is 1. The van der Waals surface area contributed by atoms with Crippen LogP contribution in [-0.4, -0.2) is 42.6 Å². The molecule has 2 N–H and O–H groups in total. The second kappa shape index (κ2) is 11.1. The molecule has 2 aromatic carbocycles. The van der Waals surface area contributed by atoms with Crippen molar-refractivity contribution in [2.75, 3.05) is 17.7 Å². The second-order valence-electron chi connectivity index (χ2n) is 7.02. The normalized spacial score (nSPS) is 11.1. The van der Waals surface area contributed by atoms with Crippen molar-refractivity contribution in [3.63, 3.8) is 0 Å². The van der Waals surface area contributed by atoms with Gasteiger partial charge in [0.2, 0.25) is 15.7 Å². The van der Waals surface area contributed by atoms with Crippen LogP contribution in [0.1, 0.15) is 29.8 Å². The Morgan fingerprint density at radius 1 is 1.06 bits per heavy atom. The van der Waals surface area contributed by atoms with Crippen LogP contribution < -0.4 is 10.9 Å². The van der Waals surface area contributed by atoms with Crippen molar-refractivity contribution < 1.29 is 22.7 Å². The van der Waals surface area contributed by atoms with Gasteiger partial charge in [0.15, 0.2) is 10.1 Å². The van der Waals surface area contributed by atoms with Crippen LogP contribution in [0.5, 0.6) is 0 Å². The molecule has 0 radical (unpaired) electrons. The molecule has 9 nitrogen and oxygen atoms in total. The van der Waals surface area contributed by atoms with Gasteiger partial charge in [0, 0.05) is 5.69 Å². The highest BCUT2D eigenvalue weighted by atomic mass is 32.2. The number of esters is 1. The molecular formula is C23H23N3O6S2. The minimum absolute atomic E-state index is 0.00533. The van der Waals surface area contributed by atoms with E-state index in [9.17, 15) is 22.8 Å². The van der Waals surface area contributed by atoms with Gasteiger partial charge in [-0.2, -0.15) is 0 Å². The predicted molar refractivity (Wildman–Crippen MR) is 128 cm³/mol. The van der Waals surface area contributed by atoms with Gasteiger partial charge in [-0.1, -0.05) is 30.8 Å². The number of nitrogens with zero attached hydrogens (tertiary/aromatic N) is 1. The molecule has 0 aliphatic heterocycles. The summed E-state index contributed by atoms with van der Waals surface area (Å²) < 4.78 is 30.5. The summed E-state index contributed by atoms with van der Waals surface area (Å²) in [6, 6.07) is 12.5. The largest absolute Gasteiger partial charge is 0.462 e. The summed E-state index contributed by atoms with van der Waals surface area (Å²) in [7, 11) is -4.02. The van der Waals surface area contributed by atoms with Crippen LogP contribution in [0.2, 0.25) is 0 Å². The summed E-state index contributed by atoms with van der Waals surface area (Å²) >= 11 is 0.949. The summed E-state index contributed by atoms with van der Waals surface area (Å²) in [5.41, 5.74) is 1.01. The molecule has 1 heterocycles. The molecule has 0 aliphatic rings. The molecule has 0 saturated carbocycles. The molecule has 0 bridgehead atoms. The summed E-state index contributed by atoms with van der Waals surface area (Å²) in [5, 5.41) is 2.77. The standard InChI is InChI=1S/C23H23N3O6S2/c1-3-15-5-11-18(12-6-15)34(30,31)19-13-24-23(26-21(19)28)33-14-20(27)25-17-9-7-16(8-10-17)22(29)32-4-2/h5-13H,3-4,14H2,1-2H3,(H,25,27)(H,24,26,28). The van der Waals surface area contributed by atoms with Gasteiger partial charge < -0.3 is 15.0 Å². The number of sulfone groups is 1. The van der Waals surface area contributed by atoms with E-state index in [-0.39, 0.29) is 28.3 Å². The number of rotatable bonds is 9. The Bertz CT molecular complexity index is 1330. The number of hydrogen-bond donors (Lipinski definition) is 2. The van der Waals surface area contributed by atoms with Crippen LogP contribution in [0.3, 0.4) is 0 Å². The molecule has 34 heavy (non-hydrogen) atoms. The summed E-state index contributed by atoms with van der Waals surface area (Å²) in [5.74, 6) is -0.897. The number of carbonyl (C=O) groups excluding carboxylic acids is 2. The molecule has 0 atom stereocenters. The van der Waals surface area contributed by atoms with Gasteiger partial charge in [-0.15, -0.1) is 0 Å². The maximum absolute atomic E-state index is 12.8. The summed E-state index contributed by atoms with van der Waals surface area (Å²) in [6.07, 6.45) is 1.76. The molecule has 3 rings (SSSR count). The van der Waals surface area contributed by atoms with E-state index in [0.717, 1.165) is 29.9 Å². The maximum atomic E-state index is 12.8. The lowest BCUT2D eigenvalue weighted by Crippen LogP contribution is -2.20. The van der Waals surface area contributed by atoms with Gasteiger partial charge >= 0.3 is 5.97 Å². The third kappa shape index (κ3) is 6.12. The molecule has 0 spiro atoms. The monoisotopic (exact) mass is 501 g/mol. The molecule has 178 valence electrons. The fraction of sp³-hybridized carbons (Fsp3) is 0.217. The van der Waals surface area contributed by atoms with Crippen LogP contribution in [0.15, 0.2) is 74.5 Å². The zero-order valence-corrected chi connectivity index (χ0v) is 20.2. The van der Waals surface area contributed by atoms with Crippen molar-refractivity contribution in [3.8, 4) is 0 Å². The van der Waals surface area contributed by atoms with Gasteiger partial charge in [-0.05, 0) is 55.3 Å². The topological polar surface area (TPSA) is 135 Å². The number of anilines is 1. The first-order valence-corrected chi connectivity index (χ1v) is 12.8. The predicted octanol–water partition coefficient (Wildman–Crippen LogP) is 3.07. The lowest BCUT2D eigenvalue weighted by molar-refractivity contribution is -0.113. The number of carbonyl (C=O) groups is 2. The average Bonchev–Trinajstić information content (AvgIpc) is 2.83. The quantitative estimate of drug-likeness (QED) is 0.259. The smallest absolute Gasteiger partial charge is 0.338 e. The maximum Gasteiger partial charge on any atom is 0.338 e. The minimum atomic E-state index is -4.02. The van der Waals surface area contributed by atoms with Gasteiger partial charge in [0.05, 0.1) is 29.0 Å². The van der Waals surface area contributed by atoms with E-state index in [1.165, 1.54) is 24.3 Å². The van der Waals surface area contributed by atoms with Crippen LogP contribution in [0, 0.1) is 0 Å². The molecule has 1 amide bonds. The fourth-order valence-electron chi connectivity index (χ4n) is 2.90. The minimum Gasteiger partial charge on any atom is -0.462 e. The van der Waals surface area contributed by atoms with Crippen LogP contribution in [0.4, 0.5) is 5.69 Å². The lowest BCUT2D eigenvalue weighted by Gasteiger charge is -2.07. The van der Waals surface area contributed by atoms with E-state index >= 15 is 0 Å². The number of aromatic nitrogens is 2. The summed E-state index contributed by atoms with van der Waals surface area (Å²) in [6.45, 7) is 3.93. The first kappa shape index (κ1) is 25.2. The van der Waals surface area contributed by atoms with E-state index in [1.54, 1.807) is 31.2 Å². The average molecular weight is 502 g/mol. The number of aromatic amines is 1. The van der Waals surface area contributed by atoms with Crippen molar-refractivity contribution in [1.82, 2.24) is 9.97 Å². The first-order valence-electron chi connectivity index (χ1n) is 10.4. The number of H-pyrrole nitrogens is 1. The molecule has 11 heteroatoms. The molecule has 0 unspecified atom stereocenters. The van der Waals surface area contributed by atoms with Gasteiger partial charge in [0.1, 0.15) is 0 Å². The van der Waals surface area contributed by atoms with Crippen LogP contribution in [-0.2, 0) is 25.8 Å². The van der Waals surface area contributed by atoms with E-state index in [2.05, 4.69) is 15.3 Å². The van der Waals surface area contributed by atoms with Gasteiger partial charge in [-0.25, -0.2) is 18.2 Å². The highest BCUT2D eigenvalue weighted by molar-refractivity contribution is 7.99. The lowest BCUT2D eigenvalue weighted by atomic mass is 10.2. The van der Waals surface area contributed by atoms with Crippen molar-refractivity contribution in [2.45, 2.75) is 35.2 Å². The van der Waals surface area contributed by atoms with Crippen molar-refractivity contribution in [3.05, 3.63) is 76.2 Å². The molecule has 3 aromatic rings. The zero-order chi connectivity index (χ0) is 24.7. The zero-order valence-electron chi connectivity index (χ0n) is 18.5. The number of hydrogen-bond acceptors (Lipinski definition) is 8. The third-order valence-electron chi connectivity index (χ3n) is 4.69. The fourth-order valence-corrected chi connectivity index (χ4v) is 4.76. The van der Waals surface area contributed by atoms with Gasteiger partial charge in [0.25, 0.3) is 5.56 Å². The molecule has 1 aromatic heterocycles. The molecule has 0 fully saturated rings. The second-order valence-corrected chi connectivity index (χ2v) is 9.90. The SMILES string of the molecule is CCOC(=O)c1ccc(NC(=O)CSc2ncc(S(=O)(=O)c3ccc(CC)cc3)c(=O)[nH]2)cc1. The van der Waals surface area contributed by atoms with Crippen LogP contribution >= 0.6 is 11.8 Å². The Morgan fingerprint density at radius 2 is 1.74 bits per heavy atom. The third-order valence-corrected chi connectivity index (χ3v) is 7.34. The number of ether oxygens (including phenoxy) is 1. The van der Waals surface area contributed by atoms with Crippen LogP contribution in [0.25, 0.3) is 0 Å². The Labute approximate surface area is 200 Å². The number of thioether (sulfide) groups is 1. The first-order chi connectivity index (χ1) is 16.2. The number of amides is 1. The van der Waals surface area contributed by atoms with E-state index in [1.807, 2.05) is 6.92 Å². The van der Waals surface area contributed by atoms with Crippen molar-refractivity contribution >= 4 is 39.2 Å². The Balaban J connectivity index is 1.62. The van der Waals surface area contributed by atoms with E-state index < -0.39 is 26.3 Å². The Hall–Kier alpha value is -3.44. The Morgan fingerprint density at radius 3 is 2.32 bits per heavy atom. The molecule has 0 aliphatic carbocycles. The van der Waals surface area contributed by atoms with Crippen molar-refractivity contribution in [1.29, 1.82) is 0 Å². The van der Waals surface area contributed by atoms with E-state index in [0.29, 0.717) is 11.3 Å². The molecular weight excluding hydrogens is 478 g/mol. The molecule has 0 saturated heterocycles. The summed E-state index contributed by atoms with van der Waals surface area (Å²) in [4.78, 5) is 42.3. The van der Waals surface area contributed by atoms with E-state index in [4.69, 9.17) is 4.74 Å². The highest BCUT2D eigenvalue weighted by Crippen LogP contribution is 2.20. The van der Waals surface area contributed by atoms with Crippen molar-refractivity contribution in [2.24, 2.45) is 0 Å². The number of benzene rings is 2. The highest BCUT2D eigenvalue weighted by Gasteiger charge is 2.22.